The van der Waals surface area contributed by atoms with Crippen LogP contribution in [0.5, 0.6) is 11.5 Å². The van der Waals surface area contributed by atoms with Gasteiger partial charge in [-0.1, -0.05) is 38.1 Å². The number of aryl methyl sites for hydroxylation is 1. The van der Waals surface area contributed by atoms with Crippen LogP contribution in [0.25, 0.3) is 22.3 Å². The number of para-hydroxylation sites is 2. The molecule has 1 aromatic heterocycles. The number of nitrogens with zero attached hydrogens (tertiary/aromatic N) is 3. The normalized spacial score (nSPS) is 11.4. The van der Waals surface area contributed by atoms with Gasteiger partial charge in [0.25, 0.3) is 11.5 Å². The molecular formula is C35H32BrFN4O4. The molecule has 4 aromatic carbocycles. The lowest BCUT2D eigenvalue weighted by Gasteiger charge is -2.18. The van der Waals surface area contributed by atoms with Crippen LogP contribution in [0, 0.1) is 12.7 Å². The van der Waals surface area contributed by atoms with E-state index in [2.05, 4.69) is 40.2 Å². The van der Waals surface area contributed by atoms with Crippen LogP contribution in [0.2, 0.25) is 0 Å². The number of rotatable bonds is 10. The fraction of sp³-hybridized carbons (Fsp3) is 0.200. The summed E-state index contributed by atoms with van der Waals surface area (Å²) in [5.41, 5.74) is 3.71. The van der Waals surface area contributed by atoms with Crippen LogP contribution in [0.4, 0.5) is 10.1 Å². The zero-order valence-electron chi connectivity index (χ0n) is 25.3. The van der Waals surface area contributed by atoms with Crippen LogP contribution < -0.4 is 20.3 Å². The molecular weight excluding hydrogens is 639 g/mol. The second-order valence-corrected chi connectivity index (χ2v) is 11.5. The predicted molar refractivity (Wildman–Crippen MR) is 179 cm³/mol. The van der Waals surface area contributed by atoms with Gasteiger partial charge in [-0.05, 0) is 107 Å². The molecule has 230 valence electrons. The van der Waals surface area contributed by atoms with Gasteiger partial charge in [-0.3, -0.25) is 9.59 Å². The third-order valence-corrected chi connectivity index (χ3v) is 7.68. The molecule has 0 aliphatic heterocycles. The summed E-state index contributed by atoms with van der Waals surface area (Å²) in [6, 6.07) is 22.3. The first-order valence-electron chi connectivity index (χ1n) is 14.5. The van der Waals surface area contributed by atoms with Crippen LogP contribution in [0.15, 0.2) is 93.2 Å². The molecule has 5 rings (SSSR count). The number of halogens is 2. The maximum Gasteiger partial charge on any atom is 0.282 e. The van der Waals surface area contributed by atoms with Crippen molar-refractivity contribution < 1.29 is 18.7 Å². The number of anilines is 1. The Morgan fingerprint density at radius 2 is 1.80 bits per heavy atom. The Hall–Kier alpha value is -4.83. The minimum atomic E-state index is -0.530. The summed E-state index contributed by atoms with van der Waals surface area (Å²) in [5, 5.41) is 7.54. The predicted octanol–water partition coefficient (Wildman–Crippen LogP) is 7.70. The molecule has 8 nitrogen and oxygen atoms in total. The Bertz CT molecular complexity index is 1970. The third-order valence-electron chi connectivity index (χ3n) is 7.06. The number of aromatic nitrogens is 2. The zero-order chi connectivity index (χ0) is 32.1. The maximum atomic E-state index is 13.8. The van der Waals surface area contributed by atoms with Gasteiger partial charge in [0.2, 0.25) is 0 Å². The van der Waals surface area contributed by atoms with Crippen LogP contribution in [0.1, 0.15) is 43.4 Å². The second kappa shape index (κ2) is 13.9. The molecule has 0 unspecified atom stereocenters. The first-order chi connectivity index (χ1) is 21.7. The van der Waals surface area contributed by atoms with Crippen molar-refractivity contribution in [2.45, 2.75) is 33.6 Å². The number of fused-ring (bicyclic) bond motifs is 1. The van der Waals surface area contributed by atoms with Crippen molar-refractivity contribution in [2.24, 2.45) is 5.10 Å². The molecule has 0 spiro atoms. The Labute approximate surface area is 268 Å². The second-order valence-electron chi connectivity index (χ2n) is 10.6. The third kappa shape index (κ3) is 7.12. The molecule has 0 atom stereocenters. The number of amides is 1. The Balaban J connectivity index is 1.46. The Morgan fingerprint density at radius 3 is 2.53 bits per heavy atom. The van der Waals surface area contributed by atoms with E-state index in [1.54, 1.807) is 48.7 Å². The number of ether oxygens (including phenoxy) is 2. The summed E-state index contributed by atoms with van der Waals surface area (Å²) in [6.07, 6.45) is 1.56. The maximum absolute atomic E-state index is 13.8. The average Bonchev–Trinajstić information content (AvgIpc) is 3.01. The monoisotopic (exact) mass is 670 g/mol. The highest BCUT2D eigenvalue weighted by Crippen LogP contribution is 2.34. The molecule has 45 heavy (non-hydrogen) atoms. The van der Waals surface area contributed by atoms with E-state index in [9.17, 15) is 14.0 Å². The fourth-order valence-corrected chi connectivity index (χ4v) is 5.32. The molecule has 0 saturated heterocycles. The van der Waals surface area contributed by atoms with Crippen LogP contribution >= 0.6 is 15.9 Å². The van der Waals surface area contributed by atoms with Gasteiger partial charge in [0.1, 0.15) is 17.3 Å². The van der Waals surface area contributed by atoms with Gasteiger partial charge in [0, 0.05) is 5.56 Å². The van der Waals surface area contributed by atoms with Gasteiger partial charge in [-0.25, -0.2) is 9.37 Å². The van der Waals surface area contributed by atoms with Crippen molar-refractivity contribution in [1.82, 2.24) is 9.66 Å². The summed E-state index contributed by atoms with van der Waals surface area (Å²) in [5.74, 6) is 0.781. The molecule has 0 saturated carbocycles. The Morgan fingerprint density at radius 1 is 1.04 bits per heavy atom. The SMILES string of the molecule is CCOc1cc(C)c(-c2nc3ccccc3c(=O)n2N=Cc2ccc(OCC(=O)Nc3ccccc3F)c(Br)c2)cc1C(C)C. The molecule has 0 fully saturated rings. The summed E-state index contributed by atoms with van der Waals surface area (Å²) < 4.78 is 27.3. The molecule has 10 heteroatoms. The number of carbonyl (C=O) groups excluding carboxylic acids is 1. The highest BCUT2D eigenvalue weighted by molar-refractivity contribution is 9.10. The van der Waals surface area contributed by atoms with Crippen molar-refractivity contribution >= 4 is 44.6 Å². The van der Waals surface area contributed by atoms with Crippen LogP contribution in [-0.2, 0) is 4.79 Å². The number of benzene rings is 4. The fourth-order valence-electron chi connectivity index (χ4n) is 4.81. The molecule has 0 radical (unpaired) electrons. The molecule has 1 N–H and O–H groups in total. The van der Waals surface area contributed by atoms with Crippen molar-refractivity contribution in [2.75, 3.05) is 18.5 Å². The molecule has 5 aromatic rings. The van der Waals surface area contributed by atoms with Crippen molar-refractivity contribution in [3.05, 3.63) is 116 Å². The van der Waals surface area contributed by atoms with E-state index >= 15 is 0 Å². The van der Waals surface area contributed by atoms with E-state index in [0.29, 0.717) is 39.1 Å². The van der Waals surface area contributed by atoms with Crippen LogP contribution in [-0.4, -0.2) is 35.0 Å². The lowest BCUT2D eigenvalue weighted by Crippen LogP contribution is -2.21. The van der Waals surface area contributed by atoms with Crippen molar-refractivity contribution in [3.63, 3.8) is 0 Å². The summed E-state index contributed by atoms with van der Waals surface area (Å²) in [4.78, 5) is 30.9. The van der Waals surface area contributed by atoms with Gasteiger partial charge in [-0.2, -0.15) is 9.78 Å². The molecule has 1 amide bonds. The highest BCUT2D eigenvalue weighted by Gasteiger charge is 2.19. The number of hydrogen-bond donors (Lipinski definition) is 1. The van der Waals surface area contributed by atoms with E-state index in [4.69, 9.17) is 14.5 Å². The van der Waals surface area contributed by atoms with Gasteiger partial charge in [-0.15, -0.1) is 0 Å². The van der Waals surface area contributed by atoms with E-state index in [-0.39, 0.29) is 23.8 Å². The quantitative estimate of drug-likeness (QED) is 0.154. The minimum Gasteiger partial charge on any atom is -0.494 e. The first kappa shape index (κ1) is 31.6. The van der Waals surface area contributed by atoms with Gasteiger partial charge >= 0.3 is 0 Å². The number of carbonyl (C=O) groups is 1. The smallest absolute Gasteiger partial charge is 0.282 e. The van der Waals surface area contributed by atoms with Crippen molar-refractivity contribution in [1.29, 1.82) is 0 Å². The summed E-state index contributed by atoms with van der Waals surface area (Å²) in [6.45, 7) is 8.33. The standard InChI is InChI=1S/C35H32BrFN4O4/c1-5-44-32-16-22(4)26(18-25(32)21(2)3)34-40-29-12-8-6-10-24(29)35(43)41(34)38-19-23-14-15-31(27(36)17-23)45-20-33(42)39-30-13-9-7-11-28(30)37/h6-19,21H,5,20H2,1-4H3,(H,39,42). The topological polar surface area (TPSA) is 94.8 Å². The zero-order valence-corrected chi connectivity index (χ0v) is 26.9. The lowest BCUT2D eigenvalue weighted by atomic mass is 9.96. The van der Waals surface area contributed by atoms with E-state index in [0.717, 1.165) is 22.4 Å². The highest BCUT2D eigenvalue weighted by atomic mass is 79.9. The Kier molecular flexibility index (Phi) is 9.73. The molecule has 1 heterocycles. The lowest BCUT2D eigenvalue weighted by molar-refractivity contribution is -0.118. The summed E-state index contributed by atoms with van der Waals surface area (Å²) >= 11 is 3.48. The largest absolute Gasteiger partial charge is 0.494 e. The number of hydrogen-bond acceptors (Lipinski definition) is 6. The van der Waals surface area contributed by atoms with Gasteiger partial charge in [0.15, 0.2) is 12.4 Å². The number of nitrogens with one attached hydrogen (secondary N) is 1. The van der Waals surface area contributed by atoms with Crippen LogP contribution in [0.3, 0.4) is 0 Å². The molecule has 0 aliphatic rings. The van der Waals surface area contributed by atoms with E-state index < -0.39 is 11.7 Å². The van der Waals surface area contributed by atoms with Gasteiger partial charge in [0.05, 0.1) is 33.9 Å². The minimum absolute atomic E-state index is 0.0791. The van der Waals surface area contributed by atoms with Crippen molar-refractivity contribution in [3.8, 4) is 22.9 Å². The van der Waals surface area contributed by atoms with Gasteiger partial charge < -0.3 is 14.8 Å². The summed E-state index contributed by atoms with van der Waals surface area (Å²) in [7, 11) is 0. The molecule has 0 bridgehead atoms. The molecule has 0 aliphatic carbocycles. The first-order valence-corrected chi connectivity index (χ1v) is 15.3. The van der Waals surface area contributed by atoms with E-state index in [1.807, 2.05) is 38.1 Å². The van der Waals surface area contributed by atoms with E-state index in [1.165, 1.54) is 16.8 Å². The average molecular weight is 672 g/mol.